The van der Waals surface area contributed by atoms with E-state index in [9.17, 15) is 0 Å². The molecular formula is C17H16N4O2S. The summed E-state index contributed by atoms with van der Waals surface area (Å²) in [7, 11) is 1.61. The lowest BCUT2D eigenvalue weighted by Gasteiger charge is -2.07. The van der Waals surface area contributed by atoms with E-state index < -0.39 is 0 Å². The third-order valence-corrected chi connectivity index (χ3v) is 3.51. The number of H-pyrrole nitrogens is 1. The Morgan fingerprint density at radius 1 is 1.17 bits per heavy atom. The van der Waals surface area contributed by atoms with Gasteiger partial charge >= 0.3 is 0 Å². The van der Waals surface area contributed by atoms with Crippen LogP contribution in [-0.4, -0.2) is 28.2 Å². The molecular weight excluding hydrogens is 324 g/mol. The van der Waals surface area contributed by atoms with Gasteiger partial charge in [-0.3, -0.25) is 0 Å². The lowest BCUT2D eigenvalue weighted by atomic mass is 10.2. The molecule has 0 aliphatic heterocycles. The van der Waals surface area contributed by atoms with Crippen LogP contribution in [0.1, 0.15) is 11.4 Å². The summed E-state index contributed by atoms with van der Waals surface area (Å²) >= 11 is 5.21. The van der Waals surface area contributed by atoms with Crippen molar-refractivity contribution in [3.63, 3.8) is 0 Å². The zero-order valence-electron chi connectivity index (χ0n) is 13.0. The maximum atomic E-state index is 5.74. The highest BCUT2D eigenvalue weighted by Gasteiger charge is 2.06. The zero-order chi connectivity index (χ0) is 16.8. The Balaban J connectivity index is 1.75. The molecule has 0 aliphatic carbocycles. The van der Waals surface area contributed by atoms with Gasteiger partial charge in [-0.15, -0.1) is 0 Å². The van der Waals surface area contributed by atoms with Crippen molar-refractivity contribution in [2.75, 3.05) is 7.11 Å². The molecule has 0 atom stereocenters. The number of ether oxygens (including phenoxy) is 2. The predicted octanol–water partition coefficient (Wildman–Crippen LogP) is 3.41. The molecule has 0 unspecified atom stereocenters. The molecule has 1 aromatic heterocycles. The van der Waals surface area contributed by atoms with Crippen LogP contribution in [-0.2, 0) is 6.61 Å². The minimum absolute atomic E-state index is 0.229. The first-order valence-electron chi connectivity index (χ1n) is 7.29. The number of benzene rings is 2. The Bertz CT molecular complexity index is 887. The maximum absolute atomic E-state index is 5.74. The summed E-state index contributed by atoms with van der Waals surface area (Å²) in [6.45, 7) is 0.229. The normalized spacial score (nSPS) is 10.9. The Labute approximate surface area is 144 Å². The Hall–Kier alpha value is -2.93. The van der Waals surface area contributed by atoms with Crippen LogP contribution in [0.5, 0.6) is 11.5 Å². The number of aromatic nitrogens is 3. The van der Waals surface area contributed by atoms with Crippen molar-refractivity contribution in [2.24, 2.45) is 5.10 Å². The molecule has 2 aromatic carbocycles. The lowest BCUT2D eigenvalue weighted by molar-refractivity contribution is 0.288. The van der Waals surface area contributed by atoms with E-state index in [0.717, 1.165) is 11.3 Å². The summed E-state index contributed by atoms with van der Waals surface area (Å²) in [5.41, 5.74) is 0.972. The summed E-state index contributed by atoms with van der Waals surface area (Å²) < 4.78 is 12.9. The zero-order valence-corrected chi connectivity index (χ0v) is 13.9. The third-order valence-electron chi connectivity index (χ3n) is 3.25. The van der Waals surface area contributed by atoms with Gasteiger partial charge in [0.05, 0.1) is 13.3 Å². The van der Waals surface area contributed by atoms with Crippen LogP contribution >= 0.6 is 12.2 Å². The second kappa shape index (κ2) is 7.56. The molecule has 0 spiro atoms. The molecule has 3 rings (SSSR count). The number of nitrogens with zero attached hydrogens (tertiary/aromatic N) is 3. The van der Waals surface area contributed by atoms with Crippen molar-refractivity contribution >= 4 is 18.4 Å². The van der Waals surface area contributed by atoms with E-state index >= 15 is 0 Å². The number of hydrogen-bond acceptors (Lipinski definition) is 5. The van der Waals surface area contributed by atoms with Gasteiger partial charge in [-0.2, -0.15) is 14.9 Å². The van der Waals surface area contributed by atoms with Gasteiger partial charge in [-0.05, 0) is 29.9 Å². The second-order valence-electron chi connectivity index (χ2n) is 4.88. The van der Waals surface area contributed by atoms with E-state index in [2.05, 4.69) is 15.3 Å². The van der Waals surface area contributed by atoms with Crippen LogP contribution in [0.4, 0.5) is 0 Å². The van der Waals surface area contributed by atoms with Gasteiger partial charge in [-0.25, -0.2) is 5.10 Å². The molecule has 0 bridgehead atoms. The van der Waals surface area contributed by atoms with Crippen molar-refractivity contribution in [1.29, 1.82) is 0 Å². The summed E-state index contributed by atoms with van der Waals surface area (Å²) in [6.07, 6.45) is 1.72. The standard InChI is InChI=1S/C17H16N4O2S/c1-22-14-8-5-9-15(10-14)23-12-16-19-20-17(24)21(16)18-11-13-6-3-2-4-7-13/h2-11H,12H2,1H3,(H,20,24)/b18-11-. The van der Waals surface area contributed by atoms with Gasteiger partial charge < -0.3 is 9.47 Å². The van der Waals surface area contributed by atoms with Gasteiger partial charge in [0.25, 0.3) is 0 Å². The monoisotopic (exact) mass is 340 g/mol. The first-order chi connectivity index (χ1) is 11.8. The quantitative estimate of drug-likeness (QED) is 0.552. The lowest BCUT2D eigenvalue weighted by Crippen LogP contribution is -2.04. The van der Waals surface area contributed by atoms with E-state index in [1.807, 2.05) is 48.5 Å². The SMILES string of the molecule is COc1cccc(OCc2n[nH]c(=S)n2/N=C\c2ccccc2)c1. The molecule has 0 aliphatic rings. The molecule has 6 nitrogen and oxygen atoms in total. The van der Waals surface area contributed by atoms with Gasteiger partial charge in [0, 0.05) is 6.07 Å². The average molecular weight is 340 g/mol. The minimum atomic E-state index is 0.229. The summed E-state index contributed by atoms with van der Waals surface area (Å²) in [5.74, 6) is 1.99. The van der Waals surface area contributed by atoms with Gasteiger partial charge in [-0.1, -0.05) is 36.4 Å². The molecule has 0 saturated carbocycles. The van der Waals surface area contributed by atoms with Crippen LogP contribution < -0.4 is 9.47 Å². The number of nitrogens with one attached hydrogen (secondary N) is 1. The van der Waals surface area contributed by atoms with Gasteiger partial charge in [0.1, 0.15) is 18.1 Å². The van der Waals surface area contributed by atoms with Gasteiger partial charge in [0.15, 0.2) is 5.82 Å². The van der Waals surface area contributed by atoms with E-state index in [1.54, 1.807) is 24.1 Å². The van der Waals surface area contributed by atoms with Crippen molar-refractivity contribution in [1.82, 2.24) is 14.9 Å². The number of aromatic amines is 1. The van der Waals surface area contributed by atoms with Gasteiger partial charge in [0.2, 0.25) is 4.77 Å². The molecule has 0 amide bonds. The smallest absolute Gasteiger partial charge is 0.216 e. The summed E-state index contributed by atoms with van der Waals surface area (Å²) in [4.78, 5) is 0. The first-order valence-corrected chi connectivity index (χ1v) is 7.69. The Morgan fingerprint density at radius 3 is 2.75 bits per heavy atom. The van der Waals surface area contributed by atoms with Crippen LogP contribution in [0, 0.1) is 4.77 Å². The topological polar surface area (TPSA) is 64.4 Å². The highest BCUT2D eigenvalue weighted by Crippen LogP contribution is 2.19. The Kier molecular flexibility index (Phi) is 5.02. The number of rotatable bonds is 6. The molecule has 0 saturated heterocycles. The van der Waals surface area contributed by atoms with Crippen LogP contribution in [0.3, 0.4) is 0 Å². The maximum Gasteiger partial charge on any atom is 0.216 e. The predicted molar refractivity (Wildman–Crippen MR) is 94.2 cm³/mol. The van der Waals surface area contributed by atoms with E-state index in [-0.39, 0.29) is 6.61 Å². The van der Waals surface area contributed by atoms with Crippen LogP contribution in [0.25, 0.3) is 0 Å². The molecule has 1 heterocycles. The minimum Gasteiger partial charge on any atom is -0.497 e. The molecule has 7 heteroatoms. The third kappa shape index (κ3) is 3.88. The molecule has 0 fully saturated rings. The average Bonchev–Trinajstić information content (AvgIpc) is 2.99. The Morgan fingerprint density at radius 2 is 1.96 bits per heavy atom. The molecule has 1 N–H and O–H groups in total. The highest BCUT2D eigenvalue weighted by atomic mass is 32.1. The summed E-state index contributed by atoms with van der Waals surface area (Å²) in [6, 6.07) is 17.1. The fourth-order valence-corrected chi connectivity index (χ4v) is 2.24. The van der Waals surface area contributed by atoms with Crippen LogP contribution in [0.15, 0.2) is 59.7 Å². The molecule has 122 valence electrons. The number of hydrogen-bond donors (Lipinski definition) is 1. The van der Waals surface area contributed by atoms with Crippen LogP contribution in [0.2, 0.25) is 0 Å². The van der Waals surface area contributed by atoms with Crippen molar-refractivity contribution in [3.8, 4) is 11.5 Å². The van der Waals surface area contributed by atoms with Crippen molar-refractivity contribution in [3.05, 3.63) is 70.8 Å². The molecule has 24 heavy (non-hydrogen) atoms. The largest absolute Gasteiger partial charge is 0.497 e. The fourth-order valence-electron chi connectivity index (χ4n) is 2.04. The summed E-state index contributed by atoms with van der Waals surface area (Å²) in [5, 5.41) is 11.3. The van der Waals surface area contributed by atoms with Crippen molar-refractivity contribution in [2.45, 2.75) is 6.61 Å². The fraction of sp³-hybridized carbons (Fsp3) is 0.118. The van der Waals surface area contributed by atoms with Crippen molar-refractivity contribution < 1.29 is 9.47 Å². The molecule has 3 aromatic rings. The second-order valence-corrected chi connectivity index (χ2v) is 5.27. The molecule has 0 radical (unpaired) electrons. The van der Waals surface area contributed by atoms with E-state index in [0.29, 0.717) is 16.3 Å². The highest BCUT2D eigenvalue weighted by molar-refractivity contribution is 7.71. The first kappa shape index (κ1) is 15.9. The van der Waals surface area contributed by atoms with E-state index in [4.69, 9.17) is 21.7 Å². The number of methoxy groups -OCH3 is 1. The van der Waals surface area contributed by atoms with E-state index in [1.165, 1.54) is 0 Å².